The fourth-order valence-electron chi connectivity index (χ4n) is 7.10. The molecule has 1 amide bonds. The fourth-order valence-corrected chi connectivity index (χ4v) is 7.10. The predicted octanol–water partition coefficient (Wildman–Crippen LogP) is 6.58. The Labute approximate surface area is 338 Å². The number of ether oxygens (including phenoxy) is 4. The number of hydrogen-bond donors (Lipinski definition) is 4. The highest BCUT2D eigenvalue weighted by Crippen LogP contribution is 2.38. The van der Waals surface area contributed by atoms with Crippen molar-refractivity contribution >= 4 is 34.9 Å². The standard InChI is InChI=1S/C29H36N4O5.C14H16N2O4/c1-37-19-26-25(18-33(32-26)23-12-14-24(38-2)15-13-23)28(20-6-4-3-5-7-20)31-22-10-8-21(9-11-22)29(36)30-17-16-27(34)35;1-16(10-4-6-11(20-3)7-5-10)8-12(14(17)18)13(15-16)9-19-2/h8-15,18,20,28,31H,3-7,16-17,19H2,1-2H3,(H,30,36)(H,34,35);4-8H,9H2,1-3H3/p+1. The average molecular weight is 798 g/mol. The van der Waals surface area contributed by atoms with Gasteiger partial charge >= 0.3 is 11.9 Å². The number of amides is 1. The minimum atomic E-state index is -1.00. The Balaban J connectivity index is 0.000000269. The van der Waals surface area contributed by atoms with Crippen LogP contribution in [-0.2, 0) is 25.7 Å². The zero-order valence-corrected chi connectivity index (χ0v) is 33.6. The number of nitrogens with zero attached hydrogens (tertiary/aromatic N) is 4. The molecule has 0 radical (unpaired) electrons. The summed E-state index contributed by atoms with van der Waals surface area (Å²) >= 11 is 0. The van der Waals surface area contributed by atoms with Crippen molar-refractivity contribution in [2.75, 3.05) is 54.0 Å². The van der Waals surface area contributed by atoms with Gasteiger partial charge in [-0.2, -0.15) is 5.10 Å². The van der Waals surface area contributed by atoms with Crippen LogP contribution in [0.5, 0.6) is 11.5 Å². The zero-order valence-electron chi connectivity index (χ0n) is 33.6. The summed E-state index contributed by atoms with van der Waals surface area (Å²) in [5, 5.41) is 33.7. The van der Waals surface area contributed by atoms with Gasteiger partial charge in [0, 0.05) is 55.9 Å². The summed E-state index contributed by atoms with van der Waals surface area (Å²) in [6, 6.07) is 22.5. The van der Waals surface area contributed by atoms with Gasteiger partial charge in [0.2, 0.25) is 0 Å². The van der Waals surface area contributed by atoms with Crippen LogP contribution in [-0.4, -0.2) is 92.2 Å². The molecule has 0 saturated heterocycles. The van der Waals surface area contributed by atoms with Crippen molar-refractivity contribution in [3.63, 3.8) is 0 Å². The van der Waals surface area contributed by atoms with Crippen molar-refractivity contribution in [1.29, 1.82) is 0 Å². The second-order valence-electron chi connectivity index (χ2n) is 14.2. The molecule has 1 aliphatic carbocycles. The number of nitrogens with one attached hydrogen (secondary N) is 2. The van der Waals surface area contributed by atoms with Crippen LogP contribution in [0, 0.1) is 5.92 Å². The van der Waals surface area contributed by atoms with Crippen LogP contribution in [0.15, 0.2) is 95.9 Å². The summed E-state index contributed by atoms with van der Waals surface area (Å²) in [7, 11) is 8.25. The molecule has 4 aromatic rings. The Morgan fingerprint density at radius 3 is 2.03 bits per heavy atom. The SMILES string of the molecule is COCC1=N[N+](C)(c2ccc(OC)cc2)C=C1C(=O)O.COCc1nn(-c2ccc(OC)cc2)cc1C(Nc1ccc(C(=O)NCCC(=O)O)cc1)C1CCCCC1. The lowest BCUT2D eigenvalue weighted by atomic mass is 9.81. The first-order chi connectivity index (χ1) is 28.0. The number of carboxylic acids is 2. The van der Waals surface area contributed by atoms with Gasteiger partial charge in [-0.25, -0.2) is 9.48 Å². The quantitative estimate of drug-likeness (QED) is 0.0847. The number of benzene rings is 3. The third-order valence-corrected chi connectivity index (χ3v) is 10.1. The molecule has 1 fully saturated rings. The monoisotopic (exact) mass is 797 g/mol. The molecule has 2 unspecified atom stereocenters. The molecule has 6 rings (SSSR count). The molecule has 0 spiro atoms. The highest BCUT2D eigenvalue weighted by Gasteiger charge is 2.36. The molecule has 58 heavy (non-hydrogen) atoms. The first-order valence-corrected chi connectivity index (χ1v) is 19.1. The number of rotatable bonds is 17. The van der Waals surface area contributed by atoms with Gasteiger partial charge in [-0.05, 0) is 79.4 Å². The molecular formula is C43H53N6O9+. The topological polar surface area (TPSA) is 183 Å². The number of anilines is 1. The van der Waals surface area contributed by atoms with Gasteiger partial charge in [-0.15, -0.1) is 4.59 Å². The number of carbonyl (C=O) groups excluding carboxylic acids is 1. The van der Waals surface area contributed by atoms with Gasteiger partial charge in [0.1, 0.15) is 36.0 Å². The molecule has 3 aromatic carbocycles. The van der Waals surface area contributed by atoms with Crippen molar-refractivity contribution in [2.45, 2.75) is 51.2 Å². The molecular weight excluding hydrogens is 745 g/mol. The van der Waals surface area contributed by atoms with Crippen molar-refractivity contribution in [3.05, 3.63) is 108 Å². The van der Waals surface area contributed by atoms with E-state index >= 15 is 0 Å². The van der Waals surface area contributed by atoms with Crippen LogP contribution in [0.2, 0.25) is 0 Å². The minimum Gasteiger partial charge on any atom is -0.497 e. The largest absolute Gasteiger partial charge is 0.497 e. The lowest BCUT2D eigenvalue weighted by molar-refractivity contribution is -0.137. The number of hydrogen-bond acceptors (Lipinski definition) is 10. The highest BCUT2D eigenvalue weighted by atomic mass is 16.5. The summed E-state index contributed by atoms with van der Waals surface area (Å²) < 4.78 is 22.9. The molecule has 2 heterocycles. The third-order valence-electron chi connectivity index (χ3n) is 10.1. The summed E-state index contributed by atoms with van der Waals surface area (Å²) in [6.07, 6.45) is 9.48. The minimum absolute atomic E-state index is 0.0303. The number of methoxy groups -OCH3 is 4. The average Bonchev–Trinajstić information content (AvgIpc) is 3.82. The van der Waals surface area contributed by atoms with E-state index in [1.165, 1.54) is 26.4 Å². The number of carboxylic acid groups (broad SMARTS) is 2. The third kappa shape index (κ3) is 11.1. The summed E-state index contributed by atoms with van der Waals surface area (Å²) in [5.41, 5.74) is 5.77. The Kier molecular flexibility index (Phi) is 15.2. The van der Waals surface area contributed by atoms with Crippen LogP contribution in [0.25, 0.3) is 5.69 Å². The Bertz CT molecular complexity index is 2060. The van der Waals surface area contributed by atoms with Gasteiger partial charge in [0.05, 0.1) is 51.3 Å². The van der Waals surface area contributed by atoms with Crippen molar-refractivity contribution < 1.29 is 43.5 Å². The van der Waals surface area contributed by atoms with Crippen LogP contribution in [0.4, 0.5) is 11.4 Å². The van der Waals surface area contributed by atoms with E-state index in [1.807, 2.05) is 72.4 Å². The molecule has 1 aromatic heterocycles. The summed E-state index contributed by atoms with van der Waals surface area (Å²) in [4.78, 5) is 34.3. The van der Waals surface area contributed by atoms with Crippen molar-refractivity contribution in [2.24, 2.45) is 11.0 Å². The molecule has 2 aliphatic rings. The van der Waals surface area contributed by atoms with E-state index in [0.717, 1.165) is 52.7 Å². The number of quaternary nitrogens is 1. The van der Waals surface area contributed by atoms with Gasteiger partial charge in [-0.3, -0.25) is 9.59 Å². The molecule has 1 saturated carbocycles. The van der Waals surface area contributed by atoms with E-state index in [9.17, 15) is 19.5 Å². The van der Waals surface area contributed by atoms with Gasteiger partial charge < -0.3 is 39.8 Å². The second-order valence-corrected chi connectivity index (χ2v) is 14.2. The maximum absolute atomic E-state index is 12.4. The van der Waals surface area contributed by atoms with E-state index in [4.69, 9.17) is 29.2 Å². The Morgan fingerprint density at radius 1 is 0.845 bits per heavy atom. The van der Waals surface area contributed by atoms with Crippen molar-refractivity contribution in [3.8, 4) is 17.2 Å². The van der Waals surface area contributed by atoms with Crippen LogP contribution >= 0.6 is 0 Å². The lowest BCUT2D eigenvalue weighted by Gasteiger charge is -2.32. The summed E-state index contributed by atoms with van der Waals surface area (Å²) in [5.74, 6) is -0.267. The molecule has 308 valence electrons. The number of aliphatic carboxylic acids is 2. The van der Waals surface area contributed by atoms with Gasteiger partial charge in [0.15, 0.2) is 5.69 Å². The first-order valence-electron chi connectivity index (χ1n) is 19.1. The predicted molar refractivity (Wildman–Crippen MR) is 221 cm³/mol. The first kappa shape index (κ1) is 43.1. The van der Waals surface area contributed by atoms with E-state index in [1.54, 1.807) is 39.7 Å². The smallest absolute Gasteiger partial charge is 0.343 e. The zero-order chi connectivity index (χ0) is 41.7. The van der Waals surface area contributed by atoms with E-state index in [0.29, 0.717) is 23.8 Å². The van der Waals surface area contributed by atoms with E-state index in [-0.39, 0.29) is 41.7 Å². The highest BCUT2D eigenvalue weighted by molar-refractivity contribution is 6.21. The van der Waals surface area contributed by atoms with Crippen LogP contribution < -0.4 is 24.7 Å². The van der Waals surface area contributed by atoms with E-state index < -0.39 is 11.9 Å². The molecule has 1 aliphatic heterocycles. The maximum Gasteiger partial charge on any atom is 0.343 e. The van der Waals surface area contributed by atoms with Gasteiger partial charge in [-0.1, -0.05) is 24.4 Å². The van der Waals surface area contributed by atoms with Crippen molar-refractivity contribution in [1.82, 2.24) is 19.7 Å². The van der Waals surface area contributed by atoms with Crippen LogP contribution in [0.3, 0.4) is 0 Å². The maximum atomic E-state index is 12.4. The summed E-state index contributed by atoms with van der Waals surface area (Å²) in [6.45, 7) is 0.666. The molecule has 0 bridgehead atoms. The van der Waals surface area contributed by atoms with Gasteiger partial charge in [0.25, 0.3) is 5.91 Å². The van der Waals surface area contributed by atoms with Crippen LogP contribution in [0.1, 0.15) is 66.2 Å². The number of carbonyl (C=O) groups is 3. The molecule has 15 nitrogen and oxygen atoms in total. The molecule has 2 atom stereocenters. The van der Waals surface area contributed by atoms with E-state index in [2.05, 4.69) is 21.9 Å². The fraction of sp³-hybridized carbons (Fsp3) is 0.372. The normalized spacial score (nSPS) is 16.9. The lowest BCUT2D eigenvalue weighted by Crippen LogP contribution is -2.30. The number of aromatic nitrogens is 2. The molecule has 4 N–H and O–H groups in total. The second kappa shape index (κ2) is 20.4. The molecule has 15 heteroatoms. The Hall–Kier alpha value is -6.03. The Morgan fingerprint density at radius 2 is 1.47 bits per heavy atom.